The molecule has 0 fully saturated rings. The number of ether oxygens (including phenoxy) is 3. The van der Waals surface area contributed by atoms with E-state index in [0.29, 0.717) is 64.8 Å². The van der Waals surface area contributed by atoms with E-state index in [0.717, 1.165) is 45.5 Å². The number of pyridine rings is 1. The molecule has 8 rings (SSSR count). The molecule has 1 amide bonds. The average Bonchev–Trinajstić information content (AvgIpc) is 3.97. The lowest BCUT2D eigenvalue weighted by atomic mass is 10.1. The average molecular weight is 973 g/mol. The van der Waals surface area contributed by atoms with Gasteiger partial charge in [-0.05, 0) is 70.8 Å². The summed E-state index contributed by atoms with van der Waals surface area (Å²) in [7, 11) is 9.47. The van der Waals surface area contributed by atoms with Gasteiger partial charge in [-0.3, -0.25) is 9.78 Å². The Hall–Kier alpha value is -8.58. The molecule has 8 aromatic rings. The van der Waals surface area contributed by atoms with Crippen LogP contribution < -0.4 is 30.9 Å². The lowest BCUT2D eigenvalue weighted by Gasteiger charge is -2.26. The Bertz CT molecular complexity index is 3190. The number of rotatable bonds is 21. The number of carbonyl (C=O) groups excluding carboxylic acids is 2. The molecule has 1 atom stereocenters. The van der Waals surface area contributed by atoms with Crippen LogP contribution in [0, 0.1) is 0 Å². The van der Waals surface area contributed by atoms with Gasteiger partial charge < -0.3 is 54.4 Å². The summed E-state index contributed by atoms with van der Waals surface area (Å²) in [5.41, 5.74) is 8.64. The highest BCUT2D eigenvalue weighted by Crippen LogP contribution is 2.39. The summed E-state index contributed by atoms with van der Waals surface area (Å²) >= 11 is 0. The van der Waals surface area contributed by atoms with Gasteiger partial charge in [-0.25, -0.2) is 19.7 Å². The molecule has 0 aliphatic rings. The third-order valence-electron chi connectivity index (χ3n) is 11.8. The first-order chi connectivity index (χ1) is 34.7. The van der Waals surface area contributed by atoms with Crippen LogP contribution in [0.5, 0.6) is 5.75 Å². The Morgan fingerprint density at radius 1 is 0.819 bits per heavy atom. The molecule has 0 unspecified atom stereocenters. The third kappa shape index (κ3) is 11.9. The lowest BCUT2D eigenvalue weighted by molar-refractivity contribution is -0.113. The first-order valence-corrected chi connectivity index (χ1v) is 23.5. The second kappa shape index (κ2) is 22.4. The summed E-state index contributed by atoms with van der Waals surface area (Å²) in [5, 5.41) is 14.0. The molecule has 19 nitrogen and oxygen atoms in total. The molecule has 72 heavy (non-hydrogen) atoms. The highest BCUT2D eigenvalue weighted by atomic mass is 16.7. The van der Waals surface area contributed by atoms with Gasteiger partial charge in [0, 0.05) is 92.0 Å². The van der Waals surface area contributed by atoms with E-state index in [1.807, 2.05) is 131 Å². The number of methoxy groups -OCH3 is 1. The fourth-order valence-corrected chi connectivity index (χ4v) is 7.87. The number of amides is 1. The van der Waals surface area contributed by atoms with E-state index in [9.17, 15) is 9.59 Å². The summed E-state index contributed by atoms with van der Waals surface area (Å²) in [6.07, 6.45) is 6.28. The highest BCUT2D eigenvalue weighted by Gasteiger charge is 2.21. The Balaban J connectivity index is 0.897. The molecule has 5 aromatic heterocycles. The number of anilines is 6. The normalized spacial score (nSPS) is 11.7. The minimum absolute atomic E-state index is 0.0101. The van der Waals surface area contributed by atoms with Crippen LogP contribution >= 0.6 is 0 Å². The number of likely N-dealkylation sites (N-methyl/N-ethyl adjacent to an activating group) is 2. The van der Waals surface area contributed by atoms with E-state index < -0.39 is 24.7 Å². The number of fused-ring (bicyclic) bond motifs is 2. The van der Waals surface area contributed by atoms with Crippen LogP contribution in [-0.4, -0.2) is 117 Å². The third-order valence-corrected chi connectivity index (χ3v) is 11.8. The van der Waals surface area contributed by atoms with Crippen molar-refractivity contribution >= 4 is 68.9 Å². The van der Waals surface area contributed by atoms with Crippen LogP contribution in [0.25, 0.3) is 44.6 Å². The maximum atomic E-state index is 13.7. The summed E-state index contributed by atoms with van der Waals surface area (Å²) < 4.78 is 20.7. The van der Waals surface area contributed by atoms with Gasteiger partial charge in [-0.2, -0.15) is 9.97 Å². The predicted molar refractivity (Wildman–Crippen MR) is 283 cm³/mol. The SMILES string of the molecule is C=C(COC(=O)OC[C@@H](C)Nc1nc(NCc2ccc(-c3ccccn3)cc2)c2ncn(C(C)C)c2n1)C(=O)Nc1cc(Nc2nccc(-c3cn(C)c4ccccc34)n2)c(OC)cc1N(C)CCN(C)C. The highest BCUT2D eigenvalue weighted by molar-refractivity contribution is 6.06. The first kappa shape index (κ1) is 49.8. The number of imidazole rings is 1. The Morgan fingerprint density at radius 2 is 1.61 bits per heavy atom. The standard InChI is InChI=1S/C53H60N14O5/c1-33(2)67-32-57-47-48(56-28-36-17-19-37(20-18-36)40-15-12-13-22-54-40)62-52(63-49(47)67)58-35(4)31-72-53(69)71-30-34(3)50(68)59-42-26-43(46(70-9)27-45(42)65(7)25-24-64(5)6)61-51-55-23-21-41(60-51)39-29-66(8)44-16-11-10-14-38(39)44/h10-23,26-27,29,32-33,35H,3,24-25,28,30-31H2,1-2,4-9H3,(H,59,68)(H,55,60,61)(H2,56,58,62,63)/t35-/m1/s1. The van der Waals surface area contributed by atoms with Crippen LogP contribution in [0.3, 0.4) is 0 Å². The zero-order valence-corrected chi connectivity index (χ0v) is 41.8. The first-order valence-electron chi connectivity index (χ1n) is 23.5. The molecule has 0 aliphatic carbocycles. The van der Waals surface area contributed by atoms with Gasteiger partial charge in [0.15, 0.2) is 17.0 Å². The molecule has 372 valence electrons. The van der Waals surface area contributed by atoms with Crippen molar-refractivity contribution in [1.82, 2.24) is 43.9 Å². The van der Waals surface area contributed by atoms with Crippen molar-refractivity contribution in [3.63, 3.8) is 0 Å². The van der Waals surface area contributed by atoms with Gasteiger partial charge in [0.2, 0.25) is 11.9 Å². The van der Waals surface area contributed by atoms with Crippen molar-refractivity contribution in [2.45, 2.75) is 39.4 Å². The van der Waals surface area contributed by atoms with Crippen LogP contribution in [0.1, 0.15) is 32.4 Å². The number of benzene rings is 3. The molecule has 0 saturated carbocycles. The van der Waals surface area contributed by atoms with Gasteiger partial charge in [-0.1, -0.05) is 55.1 Å². The van der Waals surface area contributed by atoms with Crippen molar-refractivity contribution in [1.29, 1.82) is 0 Å². The largest absolute Gasteiger partial charge is 0.508 e. The Labute approximate surface area is 418 Å². The molecule has 4 N–H and O–H groups in total. The van der Waals surface area contributed by atoms with Crippen molar-refractivity contribution in [2.75, 3.05) is 80.7 Å². The molecular formula is C53H60N14O5. The molecule has 0 spiro atoms. The molecule has 19 heteroatoms. The summed E-state index contributed by atoms with van der Waals surface area (Å²) in [6, 6.07) is 27.2. The monoisotopic (exact) mass is 972 g/mol. The summed E-state index contributed by atoms with van der Waals surface area (Å²) in [5.74, 6) is 1.13. The summed E-state index contributed by atoms with van der Waals surface area (Å²) in [6.45, 7) is 11.2. The lowest BCUT2D eigenvalue weighted by Crippen LogP contribution is -2.29. The van der Waals surface area contributed by atoms with Crippen LogP contribution in [0.2, 0.25) is 0 Å². The van der Waals surface area contributed by atoms with Crippen LogP contribution in [0.4, 0.5) is 39.6 Å². The second-order valence-corrected chi connectivity index (χ2v) is 17.9. The topological polar surface area (TPSA) is 204 Å². The molecule has 3 aromatic carbocycles. The fourth-order valence-electron chi connectivity index (χ4n) is 7.87. The van der Waals surface area contributed by atoms with Gasteiger partial charge >= 0.3 is 6.16 Å². The minimum Gasteiger partial charge on any atom is -0.494 e. The molecular weight excluding hydrogens is 913 g/mol. The number of hydrogen-bond acceptors (Lipinski definition) is 16. The Morgan fingerprint density at radius 3 is 2.36 bits per heavy atom. The molecule has 5 heterocycles. The zero-order valence-electron chi connectivity index (χ0n) is 41.8. The van der Waals surface area contributed by atoms with Crippen molar-refractivity contribution < 1.29 is 23.8 Å². The van der Waals surface area contributed by atoms with Gasteiger partial charge in [-0.15, -0.1) is 0 Å². The molecule has 0 aliphatic heterocycles. The number of nitrogens with one attached hydrogen (secondary N) is 4. The minimum atomic E-state index is -0.978. The van der Waals surface area contributed by atoms with Crippen LogP contribution in [0.15, 0.2) is 122 Å². The number of aryl methyl sites for hydroxylation is 1. The van der Waals surface area contributed by atoms with E-state index >= 15 is 0 Å². The van der Waals surface area contributed by atoms with E-state index in [2.05, 4.69) is 64.4 Å². The second-order valence-electron chi connectivity index (χ2n) is 17.9. The number of hydrogen-bond donors (Lipinski definition) is 4. The van der Waals surface area contributed by atoms with E-state index in [1.165, 1.54) is 0 Å². The Kier molecular flexibility index (Phi) is 15.5. The van der Waals surface area contributed by atoms with Crippen molar-refractivity contribution in [3.05, 3.63) is 128 Å². The fraction of sp³-hybridized carbons (Fsp3) is 0.283. The maximum absolute atomic E-state index is 13.7. The zero-order chi connectivity index (χ0) is 50.9. The van der Waals surface area contributed by atoms with E-state index in [1.54, 1.807) is 31.9 Å². The van der Waals surface area contributed by atoms with Gasteiger partial charge in [0.05, 0.1) is 47.9 Å². The maximum Gasteiger partial charge on any atom is 0.508 e. The molecule has 0 radical (unpaired) electrons. The van der Waals surface area contributed by atoms with Crippen LogP contribution in [-0.2, 0) is 27.9 Å². The van der Waals surface area contributed by atoms with Crippen molar-refractivity contribution in [3.8, 4) is 28.3 Å². The number of para-hydroxylation sites is 1. The van der Waals surface area contributed by atoms with E-state index in [-0.39, 0.29) is 18.2 Å². The summed E-state index contributed by atoms with van der Waals surface area (Å²) in [4.78, 5) is 58.7. The smallest absolute Gasteiger partial charge is 0.494 e. The number of carbonyl (C=O) groups is 2. The van der Waals surface area contributed by atoms with Gasteiger partial charge in [0.25, 0.3) is 5.91 Å². The molecule has 0 saturated heterocycles. The van der Waals surface area contributed by atoms with E-state index in [4.69, 9.17) is 29.2 Å². The number of aromatic nitrogens is 8. The molecule has 0 bridgehead atoms. The number of nitrogens with zero attached hydrogens (tertiary/aromatic N) is 10. The quantitative estimate of drug-likeness (QED) is 0.0392. The van der Waals surface area contributed by atoms with Gasteiger partial charge in [0.1, 0.15) is 19.0 Å². The predicted octanol–water partition coefficient (Wildman–Crippen LogP) is 8.93. The van der Waals surface area contributed by atoms with Crippen molar-refractivity contribution in [2.24, 2.45) is 7.05 Å².